The molecule has 126 valence electrons. The largest absolute Gasteiger partial charge is 0.417 e. The second kappa shape index (κ2) is 6.32. The molecular formula is C16H13ClF3N3O. The Morgan fingerprint density at radius 2 is 1.88 bits per heavy atom. The third kappa shape index (κ3) is 3.97. The Kier molecular flexibility index (Phi) is 4.36. The molecule has 0 saturated heterocycles. The van der Waals surface area contributed by atoms with Crippen molar-refractivity contribution in [3.8, 4) is 0 Å². The molecule has 1 saturated carbocycles. The zero-order valence-electron chi connectivity index (χ0n) is 12.3. The minimum absolute atomic E-state index is 0.00120. The zero-order valence-corrected chi connectivity index (χ0v) is 13.1. The van der Waals surface area contributed by atoms with Crippen molar-refractivity contribution in [3.63, 3.8) is 0 Å². The number of anilines is 2. The minimum Gasteiger partial charge on any atom is -0.381 e. The summed E-state index contributed by atoms with van der Waals surface area (Å²) in [5, 5.41) is 5.20. The van der Waals surface area contributed by atoms with E-state index in [-0.39, 0.29) is 11.4 Å². The molecule has 3 rings (SSSR count). The van der Waals surface area contributed by atoms with Gasteiger partial charge in [-0.1, -0.05) is 11.6 Å². The number of carbonyl (C=O) groups excluding carboxylic acids is 1. The van der Waals surface area contributed by atoms with E-state index in [0.717, 1.165) is 30.7 Å². The van der Waals surface area contributed by atoms with E-state index >= 15 is 0 Å². The number of halogens is 4. The van der Waals surface area contributed by atoms with Crippen molar-refractivity contribution < 1.29 is 18.0 Å². The number of hydrogen-bond donors (Lipinski definition) is 2. The third-order valence-corrected chi connectivity index (χ3v) is 3.80. The van der Waals surface area contributed by atoms with Crippen molar-refractivity contribution in [1.29, 1.82) is 0 Å². The number of rotatable bonds is 4. The van der Waals surface area contributed by atoms with Gasteiger partial charge in [-0.05, 0) is 43.2 Å². The molecule has 0 spiro atoms. The van der Waals surface area contributed by atoms with E-state index in [4.69, 9.17) is 11.6 Å². The summed E-state index contributed by atoms with van der Waals surface area (Å²) in [6.45, 7) is 0. The molecule has 1 amide bonds. The summed E-state index contributed by atoms with van der Waals surface area (Å²) in [6, 6.07) is 6.88. The van der Waals surface area contributed by atoms with Gasteiger partial charge in [-0.15, -0.1) is 0 Å². The normalized spacial score (nSPS) is 14.3. The van der Waals surface area contributed by atoms with Gasteiger partial charge in [0, 0.05) is 11.7 Å². The molecule has 1 aliphatic carbocycles. The maximum atomic E-state index is 12.8. The Morgan fingerprint density at radius 1 is 1.17 bits per heavy atom. The Morgan fingerprint density at radius 3 is 2.46 bits per heavy atom. The number of pyridine rings is 1. The number of amides is 1. The highest BCUT2D eigenvalue weighted by atomic mass is 35.5. The number of carbonyl (C=O) groups is 1. The van der Waals surface area contributed by atoms with Gasteiger partial charge in [0.05, 0.1) is 22.5 Å². The second-order valence-electron chi connectivity index (χ2n) is 5.50. The quantitative estimate of drug-likeness (QED) is 0.844. The number of aromatic nitrogens is 1. The van der Waals surface area contributed by atoms with E-state index < -0.39 is 22.7 Å². The molecular weight excluding hydrogens is 343 g/mol. The fourth-order valence-corrected chi connectivity index (χ4v) is 2.32. The van der Waals surface area contributed by atoms with Crippen LogP contribution in [0.3, 0.4) is 0 Å². The van der Waals surface area contributed by atoms with E-state index in [9.17, 15) is 18.0 Å². The number of nitrogens with zero attached hydrogens (tertiary/aromatic N) is 1. The van der Waals surface area contributed by atoms with Crippen molar-refractivity contribution in [2.45, 2.75) is 25.1 Å². The first-order chi connectivity index (χ1) is 11.3. The van der Waals surface area contributed by atoms with E-state index in [1.165, 1.54) is 18.3 Å². The lowest BCUT2D eigenvalue weighted by Gasteiger charge is -2.12. The number of alkyl halides is 3. The van der Waals surface area contributed by atoms with E-state index in [2.05, 4.69) is 15.6 Å². The molecule has 0 radical (unpaired) electrons. The maximum Gasteiger partial charge on any atom is 0.417 e. The summed E-state index contributed by atoms with van der Waals surface area (Å²) in [7, 11) is 0. The van der Waals surface area contributed by atoms with Crippen molar-refractivity contribution in [1.82, 2.24) is 4.98 Å². The average molecular weight is 356 g/mol. The fraction of sp³-hybridized carbons (Fsp3) is 0.250. The van der Waals surface area contributed by atoms with Gasteiger partial charge in [-0.3, -0.25) is 4.79 Å². The number of nitrogens with one attached hydrogen (secondary N) is 2. The van der Waals surface area contributed by atoms with Crippen LogP contribution >= 0.6 is 11.6 Å². The van der Waals surface area contributed by atoms with Crippen LogP contribution in [0.2, 0.25) is 5.02 Å². The van der Waals surface area contributed by atoms with Gasteiger partial charge in [0.1, 0.15) is 5.69 Å². The Bertz CT molecular complexity index is 758. The van der Waals surface area contributed by atoms with Gasteiger partial charge in [0.2, 0.25) is 0 Å². The molecule has 0 aliphatic heterocycles. The van der Waals surface area contributed by atoms with E-state index in [0.29, 0.717) is 6.04 Å². The zero-order chi connectivity index (χ0) is 17.3. The summed E-state index contributed by atoms with van der Waals surface area (Å²) in [5.41, 5.74) is -0.0858. The summed E-state index contributed by atoms with van der Waals surface area (Å²) >= 11 is 5.55. The van der Waals surface area contributed by atoms with Crippen LogP contribution in [0.25, 0.3) is 0 Å². The monoisotopic (exact) mass is 355 g/mol. The molecule has 0 unspecified atom stereocenters. The van der Waals surface area contributed by atoms with Crippen LogP contribution in [-0.2, 0) is 6.18 Å². The number of hydrogen-bond acceptors (Lipinski definition) is 3. The highest BCUT2D eigenvalue weighted by Gasteiger charge is 2.33. The Labute approximate surface area is 141 Å². The first kappa shape index (κ1) is 16.6. The molecule has 2 N–H and O–H groups in total. The summed E-state index contributed by atoms with van der Waals surface area (Å²) < 4.78 is 38.5. The van der Waals surface area contributed by atoms with Gasteiger partial charge in [0.25, 0.3) is 5.91 Å². The van der Waals surface area contributed by atoms with Gasteiger partial charge in [0.15, 0.2) is 0 Å². The predicted molar refractivity (Wildman–Crippen MR) is 85.3 cm³/mol. The van der Waals surface area contributed by atoms with Crippen molar-refractivity contribution in [3.05, 3.63) is 52.8 Å². The standard InChI is InChI=1S/C16H13ClF3N3O/c17-13-5-3-10(7-12(13)16(18,19)20)23-15(24)14-6-4-11(8-21-14)22-9-1-2-9/h3-9,22H,1-2H2,(H,23,24). The predicted octanol–water partition coefficient (Wildman–Crippen LogP) is 4.58. The van der Waals surface area contributed by atoms with Crippen molar-refractivity contribution >= 4 is 28.9 Å². The highest BCUT2D eigenvalue weighted by molar-refractivity contribution is 6.31. The van der Waals surface area contributed by atoms with Crippen LogP contribution in [0.15, 0.2) is 36.5 Å². The van der Waals surface area contributed by atoms with Crippen LogP contribution in [0.5, 0.6) is 0 Å². The molecule has 0 bridgehead atoms. The molecule has 1 heterocycles. The van der Waals surface area contributed by atoms with Crippen molar-refractivity contribution in [2.24, 2.45) is 0 Å². The molecule has 1 aliphatic rings. The summed E-state index contributed by atoms with van der Waals surface area (Å²) in [6.07, 6.45) is -0.844. The van der Waals surface area contributed by atoms with Gasteiger partial charge < -0.3 is 10.6 Å². The molecule has 1 aromatic heterocycles. The second-order valence-corrected chi connectivity index (χ2v) is 5.90. The molecule has 0 atom stereocenters. The number of benzene rings is 1. The third-order valence-electron chi connectivity index (χ3n) is 3.47. The lowest BCUT2D eigenvalue weighted by atomic mass is 10.2. The van der Waals surface area contributed by atoms with E-state index in [1.807, 2.05) is 0 Å². The smallest absolute Gasteiger partial charge is 0.381 e. The first-order valence-electron chi connectivity index (χ1n) is 7.23. The summed E-state index contributed by atoms with van der Waals surface area (Å²) in [5.74, 6) is -0.594. The van der Waals surface area contributed by atoms with Crippen molar-refractivity contribution in [2.75, 3.05) is 10.6 Å². The molecule has 1 aromatic carbocycles. The molecule has 8 heteroatoms. The fourth-order valence-electron chi connectivity index (χ4n) is 2.09. The highest BCUT2D eigenvalue weighted by Crippen LogP contribution is 2.36. The first-order valence-corrected chi connectivity index (χ1v) is 7.61. The van der Waals surface area contributed by atoms with Gasteiger partial charge in [-0.2, -0.15) is 13.2 Å². The maximum absolute atomic E-state index is 12.8. The SMILES string of the molecule is O=C(Nc1ccc(Cl)c(C(F)(F)F)c1)c1ccc(NC2CC2)cn1. The Balaban J connectivity index is 1.72. The van der Waals surface area contributed by atoms with Crippen LogP contribution in [0, 0.1) is 0 Å². The van der Waals surface area contributed by atoms with Crippen LogP contribution in [0.4, 0.5) is 24.5 Å². The van der Waals surface area contributed by atoms with Crippen LogP contribution < -0.4 is 10.6 Å². The van der Waals surface area contributed by atoms with Crippen LogP contribution in [0.1, 0.15) is 28.9 Å². The average Bonchev–Trinajstić information content (AvgIpc) is 3.33. The molecule has 1 fully saturated rings. The Hall–Kier alpha value is -2.28. The van der Waals surface area contributed by atoms with Crippen LogP contribution in [-0.4, -0.2) is 16.9 Å². The van der Waals surface area contributed by atoms with Gasteiger partial charge >= 0.3 is 6.18 Å². The molecule has 24 heavy (non-hydrogen) atoms. The topological polar surface area (TPSA) is 54.0 Å². The van der Waals surface area contributed by atoms with E-state index in [1.54, 1.807) is 6.07 Å². The van der Waals surface area contributed by atoms with Gasteiger partial charge in [-0.25, -0.2) is 4.98 Å². The molecule has 2 aromatic rings. The lowest BCUT2D eigenvalue weighted by molar-refractivity contribution is -0.137. The minimum atomic E-state index is -4.59. The molecule has 4 nitrogen and oxygen atoms in total. The summed E-state index contributed by atoms with van der Waals surface area (Å²) in [4.78, 5) is 16.1. The lowest BCUT2D eigenvalue weighted by Crippen LogP contribution is -2.15.